The number of hydrogen-bond acceptors (Lipinski definition) is 8. The quantitative estimate of drug-likeness (QED) is 0.209. The molecule has 1 atom stereocenters. The van der Waals surface area contributed by atoms with Crippen LogP contribution < -0.4 is 11.1 Å². The van der Waals surface area contributed by atoms with Crippen LogP contribution in [0, 0.1) is 0 Å². The first-order valence-electron chi connectivity index (χ1n) is 10.7. The molecule has 37 heavy (non-hydrogen) atoms. The van der Waals surface area contributed by atoms with E-state index in [2.05, 4.69) is 54.0 Å². The fourth-order valence-corrected chi connectivity index (χ4v) is 4.53. The Morgan fingerprint density at radius 3 is 1.95 bits per heavy atom. The van der Waals surface area contributed by atoms with Gasteiger partial charge >= 0.3 is 23.9 Å². The minimum atomic E-state index is -1.26. The molecule has 10 nitrogen and oxygen atoms in total. The van der Waals surface area contributed by atoms with E-state index in [1.807, 2.05) is 11.8 Å². The molecule has 1 aliphatic heterocycles. The molecule has 1 aliphatic rings. The molecule has 0 fully saturated rings. The zero-order chi connectivity index (χ0) is 27.8. The highest BCUT2D eigenvalue weighted by molar-refractivity contribution is 7.99. The van der Waals surface area contributed by atoms with Crippen LogP contribution in [0.25, 0.3) is 0 Å². The molecule has 1 unspecified atom stereocenters. The predicted molar refractivity (Wildman–Crippen MR) is 141 cm³/mol. The standard InChI is InChI=1S/C17H20N2S2.2C4H4O4/c1-20-13-6-7-17-14(11-13)15(19-9-8-18)10-12-4-2-3-5-16(12)21-17;2*5-3(6)1-2-4(7)8/h2-7,11,15,19H,8-10,18H2,1H3;2*1-2H,(H,5,6)(H,7,8)/b;2*2-1+. The molecule has 0 bridgehead atoms. The zero-order valence-electron chi connectivity index (χ0n) is 19.9. The highest BCUT2D eigenvalue weighted by Crippen LogP contribution is 2.41. The average Bonchev–Trinajstić information content (AvgIpc) is 3.01. The van der Waals surface area contributed by atoms with E-state index in [4.69, 9.17) is 26.2 Å². The largest absolute Gasteiger partial charge is 0.478 e. The predicted octanol–water partition coefficient (Wildman–Crippen LogP) is 3.13. The number of fused-ring (bicyclic) bond motifs is 2. The summed E-state index contributed by atoms with van der Waals surface area (Å²) in [5.41, 5.74) is 8.50. The molecular weight excluding hydrogens is 520 g/mol. The third-order valence-electron chi connectivity index (χ3n) is 4.48. The number of carboxylic acid groups (broad SMARTS) is 4. The molecule has 7 N–H and O–H groups in total. The minimum absolute atomic E-state index is 0.340. The van der Waals surface area contributed by atoms with E-state index in [9.17, 15) is 19.2 Å². The second-order valence-corrected chi connectivity index (χ2v) is 9.10. The van der Waals surface area contributed by atoms with Crippen LogP contribution in [0.1, 0.15) is 17.2 Å². The van der Waals surface area contributed by atoms with E-state index in [-0.39, 0.29) is 0 Å². The highest BCUT2D eigenvalue weighted by atomic mass is 32.2. The van der Waals surface area contributed by atoms with Gasteiger partial charge in [-0.3, -0.25) is 0 Å². The fourth-order valence-electron chi connectivity index (χ4n) is 2.96. The minimum Gasteiger partial charge on any atom is -0.478 e. The maximum Gasteiger partial charge on any atom is 0.328 e. The Kier molecular flexibility index (Phi) is 14.4. The van der Waals surface area contributed by atoms with E-state index in [1.165, 1.54) is 25.8 Å². The van der Waals surface area contributed by atoms with Gasteiger partial charge in [0.2, 0.25) is 0 Å². The number of benzene rings is 2. The maximum atomic E-state index is 9.55. The van der Waals surface area contributed by atoms with Crippen molar-refractivity contribution in [2.45, 2.75) is 27.1 Å². The van der Waals surface area contributed by atoms with Gasteiger partial charge in [0.25, 0.3) is 0 Å². The topological polar surface area (TPSA) is 187 Å². The van der Waals surface area contributed by atoms with Crippen LogP contribution in [0.2, 0.25) is 0 Å². The van der Waals surface area contributed by atoms with E-state index in [0.29, 0.717) is 36.9 Å². The molecule has 198 valence electrons. The van der Waals surface area contributed by atoms with Gasteiger partial charge in [0.05, 0.1) is 0 Å². The Hall–Kier alpha value is -3.58. The number of nitrogens with two attached hydrogens (primary N) is 1. The Morgan fingerprint density at radius 2 is 1.46 bits per heavy atom. The molecular formula is C25H28N2O8S2. The Bertz CT molecular complexity index is 1090. The zero-order valence-corrected chi connectivity index (χ0v) is 21.5. The SMILES string of the molecule is CSc1ccc2c(c1)C(NCCN)Cc1ccccc1S2.O=C(O)/C=C/C(=O)O.O=C(O)/C=C/C(=O)O. The van der Waals surface area contributed by atoms with Crippen LogP contribution in [-0.4, -0.2) is 63.6 Å². The fraction of sp³-hybridized carbons (Fsp3) is 0.200. The first-order valence-corrected chi connectivity index (χ1v) is 12.8. The van der Waals surface area contributed by atoms with Crippen LogP contribution in [-0.2, 0) is 25.6 Å². The Balaban J connectivity index is 0.000000355. The molecule has 3 rings (SSSR count). The third-order valence-corrected chi connectivity index (χ3v) is 6.42. The van der Waals surface area contributed by atoms with Crippen molar-refractivity contribution < 1.29 is 39.6 Å². The summed E-state index contributed by atoms with van der Waals surface area (Å²) in [5, 5.41) is 34.9. The summed E-state index contributed by atoms with van der Waals surface area (Å²) in [5.74, 6) is -5.03. The second kappa shape index (κ2) is 17.0. The summed E-state index contributed by atoms with van der Waals surface area (Å²) in [6, 6.07) is 15.8. The number of nitrogens with one attached hydrogen (secondary N) is 1. The summed E-state index contributed by atoms with van der Waals surface area (Å²) in [7, 11) is 0. The second-order valence-electron chi connectivity index (χ2n) is 7.13. The lowest BCUT2D eigenvalue weighted by Gasteiger charge is -2.19. The number of carboxylic acids is 4. The van der Waals surface area contributed by atoms with E-state index >= 15 is 0 Å². The van der Waals surface area contributed by atoms with E-state index in [0.717, 1.165) is 13.0 Å². The monoisotopic (exact) mass is 548 g/mol. The summed E-state index contributed by atoms with van der Waals surface area (Å²) < 4.78 is 0. The molecule has 2 aromatic rings. The van der Waals surface area contributed by atoms with Gasteiger partial charge in [0.1, 0.15) is 0 Å². The van der Waals surface area contributed by atoms with Crippen molar-refractivity contribution in [3.05, 3.63) is 77.9 Å². The lowest BCUT2D eigenvalue weighted by atomic mass is 9.99. The average molecular weight is 549 g/mol. The molecule has 0 amide bonds. The third kappa shape index (κ3) is 12.8. The number of thioether (sulfide) groups is 1. The smallest absolute Gasteiger partial charge is 0.328 e. The molecule has 0 aromatic heterocycles. The van der Waals surface area contributed by atoms with Gasteiger partial charge in [-0.15, -0.1) is 11.8 Å². The van der Waals surface area contributed by atoms with Crippen molar-refractivity contribution in [1.29, 1.82) is 0 Å². The Morgan fingerprint density at radius 1 is 0.919 bits per heavy atom. The Labute approximate surface area is 222 Å². The molecule has 0 saturated heterocycles. The lowest BCUT2D eigenvalue weighted by molar-refractivity contribution is -0.134. The molecule has 0 saturated carbocycles. The molecule has 12 heteroatoms. The van der Waals surface area contributed by atoms with Gasteiger partial charge in [-0.1, -0.05) is 30.0 Å². The van der Waals surface area contributed by atoms with Crippen LogP contribution in [0.15, 0.2) is 81.5 Å². The van der Waals surface area contributed by atoms with Crippen molar-refractivity contribution in [3.63, 3.8) is 0 Å². The molecule has 0 radical (unpaired) electrons. The van der Waals surface area contributed by atoms with Crippen LogP contribution >= 0.6 is 23.5 Å². The van der Waals surface area contributed by atoms with Crippen molar-refractivity contribution >= 4 is 47.4 Å². The highest BCUT2D eigenvalue weighted by Gasteiger charge is 2.22. The van der Waals surface area contributed by atoms with Gasteiger partial charge in [0.15, 0.2) is 0 Å². The van der Waals surface area contributed by atoms with Gasteiger partial charge in [-0.05, 0) is 48.1 Å². The van der Waals surface area contributed by atoms with E-state index < -0.39 is 23.9 Å². The van der Waals surface area contributed by atoms with Crippen LogP contribution in [0.4, 0.5) is 0 Å². The molecule has 1 heterocycles. The number of hydrogen-bond donors (Lipinski definition) is 6. The summed E-state index contributed by atoms with van der Waals surface area (Å²) >= 11 is 3.68. The number of aliphatic carboxylic acids is 4. The first-order chi connectivity index (χ1) is 17.6. The number of rotatable bonds is 8. The van der Waals surface area contributed by atoms with Gasteiger partial charge < -0.3 is 31.5 Å². The maximum absolute atomic E-state index is 9.55. The van der Waals surface area contributed by atoms with Crippen molar-refractivity contribution in [2.24, 2.45) is 5.73 Å². The van der Waals surface area contributed by atoms with Crippen LogP contribution in [0.3, 0.4) is 0 Å². The van der Waals surface area contributed by atoms with Crippen LogP contribution in [0.5, 0.6) is 0 Å². The summed E-state index contributed by atoms with van der Waals surface area (Å²) in [4.78, 5) is 42.3. The van der Waals surface area contributed by atoms with Crippen molar-refractivity contribution in [1.82, 2.24) is 5.32 Å². The molecule has 0 spiro atoms. The molecule has 0 aliphatic carbocycles. The van der Waals surface area contributed by atoms with Crippen molar-refractivity contribution in [3.8, 4) is 0 Å². The first kappa shape index (κ1) is 31.4. The van der Waals surface area contributed by atoms with Crippen molar-refractivity contribution in [2.75, 3.05) is 19.3 Å². The normalized spacial score (nSPS) is 13.7. The molecule has 2 aromatic carbocycles. The van der Waals surface area contributed by atoms with Gasteiger partial charge in [0, 0.05) is 58.1 Å². The van der Waals surface area contributed by atoms with Gasteiger partial charge in [-0.2, -0.15) is 0 Å². The van der Waals surface area contributed by atoms with Gasteiger partial charge in [-0.25, -0.2) is 19.2 Å². The lowest BCUT2D eigenvalue weighted by Crippen LogP contribution is -2.28. The summed E-state index contributed by atoms with van der Waals surface area (Å²) in [6.07, 6.45) is 5.38. The summed E-state index contributed by atoms with van der Waals surface area (Å²) in [6.45, 7) is 1.52. The number of carbonyl (C=O) groups is 4. The van der Waals surface area contributed by atoms with E-state index in [1.54, 1.807) is 11.8 Å².